The maximum Gasteiger partial charge on any atom is 0.238 e. The van der Waals surface area contributed by atoms with Crippen LogP contribution >= 0.6 is 0 Å². The molecule has 8 heteroatoms. The van der Waals surface area contributed by atoms with Crippen LogP contribution in [0.2, 0.25) is 0 Å². The lowest BCUT2D eigenvalue weighted by molar-refractivity contribution is 0.669. The van der Waals surface area contributed by atoms with Gasteiger partial charge in [-0.25, -0.2) is 19.9 Å². The van der Waals surface area contributed by atoms with Crippen LogP contribution in [0.1, 0.15) is 29.2 Å². The molecule has 1 unspecified atom stereocenters. The van der Waals surface area contributed by atoms with Crippen molar-refractivity contribution < 1.29 is 4.42 Å². The summed E-state index contributed by atoms with van der Waals surface area (Å²) in [6.45, 7) is 0. The number of fused-ring (bicyclic) bond motifs is 6. The summed E-state index contributed by atoms with van der Waals surface area (Å²) in [5.74, 6) is 3.53. The molecule has 292 valence electrons. The molecule has 1 aliphatic carbocycles. The Morgan fingerprint density at radius 3 is 1.65 bits per heavy atom. The highest BCUT2D eigenvalue weighted by Crippen LogP contribution is 2.44. The van der Waals surface area contributed by atoms with Crippen LogP contribution in [0.25, 0.3) is 102 Å². The molecule has 0 saturated heterocycles. The van der Waals surface area contributed by atoms with Crippen molar-refractivity contribution in [2.24, 2.45) is 0 Å². The molecule has 12 rings (SSSR count). The van der Waals surface area contributed by atoms with Crippen molar-refractivity contribution in [3.8, 4) is 62.9 Å². The van der Waals surface area contributed by atoms with Gasteiger partial charge in [0.05, 0.1) is 16.8 Å². The highest BCUT2D eigenvalue weighted by Gasteiger charge is 2.29. The van der Waals surface area contributed by atoms with Crippen LogP contribution in [-0.4, -0.2) is 34.5 Å². The van der Waals surface area contributed by atoms with Crippen molar-refractivity contribution >= 4 is 38.9 Å². The van der Waals surface area contributed by atoms with Crippen LogP contribution in [0.5, 0.6) is 0 Å². The predicted octanol–water partition coefficient (Wildman–Crippen LogP) is 12.8. The first kappa shape index (κ1) is 35.6. The zero-order chi connectivity index (χ0) is 41.0. The minimum Gasteiger partial charge on any atom is -0.455 e. The number of nitrogens with zero attached hydrogens (tertiary/aromatic N) is 7. The van der Waals surface area contributed by atoms with Crippen LogP contribution in [0.3, 0.4) is 0 Å². The van der Waals surface area contributed by atoms with Crippen molar-refractivity contribution in [2.75, 3.05) is 0 Å². The Morgan fingerprint density at radius 1 is 0.452 bits per heavy atom. The molecule has 1 atom stereocenters. The normalized spacial score (nSPS) is 13.5. The van der Waals surface area contributed by atoms with Gasteiger partial charge in [-0.3, -0.25) is 4.57 Å². The minimum absolute atomic E-state index is 0.188. The molecule has 0 spiro atoms. The average Bonchev–Trinajstić information content (AvgIpc) is 3.91. The summed E-state index contributed by atoms with van der Waals surface area (Å²) < 4.78 is 9.03. The summed E-state index contributed by atoms with van der Waals surface area (Å²) >= 11 is 0. The van der Waals surface area contributed by atoms with E-state index in [-0.39, 0.29) is 5.92 Å². The summed E-state index contributed by atoms with van der Waals surface area (Å²) in [5, 5.41) is 2.98. The molecule has 0 N–H and O–H groups in total. The Balaban J connectivity index is 1.07. The number of furan rings is 1. The van der Waals surface area contributed by atoms with E-state index in [9.17, 15) is 0 Å². The van der Waals surface area contributed by atoms with Gasteiger partial charge in [-0.15, -0.1) is 0 Å². The van der Waals surface area contributed by atoms with Gasteiger partial charge in [0, 0.05) is 44.3 Å². The van der Waals surface area contributed by atoms with Crippen molar-refractivity contribution in [2.45, 2.75) is 12.3 Å². The summed E-state index contributed by atoms with van der Waals surface area (Å²) in [4.78, 5) is 30.8. The second kappa shape index (κ2) is 14.7. The molecule has 0 radical (unpaired) electrons. The van der Waals surface area contributed by atoms with Gasteiger partial charge < -0.3 is 4.42 Å². The number of hydrogen-bond donors (Lipinski definition) is 0. The van der Waals surface area contributed by atoms with Crippen molar-refractivity contribution in [1.29, 1.82) is 0 Å². The monoisotopic (exact) mass is 797 g/mol. The van der Waals surface area contributed by atoms with Gasteiger partial charge in [0.2, 0.25) is 5.95 Å². The first-order chi connectivity index (χ1) is 30.7. The number of benzene rings is 7. The minimum atomic E-state index is 0.188. The predicted molar refractivity (Wildman–Crippen MR) is 246 cm³/mol. The van der Waals surface area contributed by atoms with Crippen molar-refractivity contribution in [3.05, 3.63) is 205 Å². The molecule has 4 heterocycles. The van der Waals surface area contributed by atoms with E-state index >= 15 is 0 Å². The molecule has 1 aliphatic rings. The van der Waals surface area contributed by atoms with E-state index in [0.29, 0.717) is 46.2 Å². The molecule has 0 bridgehead atoms. The molecular weight excluding hydrogens is 763 g/mol. The summed E-state index contributed by atoms with van der Waals surface area (Å²) in [5.41, 5.74) is 10.3. The Kier molecular flexibility index (Phi) is 8.45. The fourth-order valence-corrected chi connectivity index (χ4v) is 8.89. The zero-order valence-corrected chi connectivity index (χ0v) is 33.3. The Labute approximate surface area is 356 Å². The van der Waals surface area contributed by atoms with E-state index in [0.717, 1.165) is 56.2 Å². The van der Waals surface area contributed by atoms with Gasteiger partial charge >= 0.3 is 0 Å². The fraction of sp³-hybridized carbons (Fsp3) is 0.0370. The fourth-order valence-electron chi connectivity index (χ4n) is 8.89. The molecule has 7 aromatic carbocycles. The van der Waals surface area contributed by atoms with E-state index < -0.39 is 0 Å². The van der Waals surface area contributed by atoms with Gasteiger partial charge in [-0.1, -0.05) is 170 Å². The maximum absolute atomic E-state index is 6.84. The Hall–Kier alpha value is -8.36. The summed E-state index contributed by atoms with van der Waals surface area (Å²) in [6, 6.07) is 61.6. The Bertz CT molecular complexity index is 3430. The number of aromatic nitrogens is 7. The van der Waals surface area contributed by atoms with Gasteiger partial charge in [-0.2, -0.15) is 9.97 Å². The van der Waals surface area contributed by atoms with Gasteiger partial charge in [0.25, 0.3) is 0 Å². The van der Waals surface area contributed by atoms with E-state index in [4.69, 9.17) is 34.3 Å². The van der Waals surface area contributed by atoms with Gasteiger partial charge in [0.1, 0.15) is 11.2 Å². The highest BCUT2D eigenvalue weighted by atomic mass is 16.3. The second-order valence-corrected chi connectivity index (χ2v) is 15.4. The van der Waals surface area contributed by atoms with Crippen LogP contribution in [0.15, 0.2) is 192 Å². The van der Waals surface area contributed by atoms with Crippen LogP contribution < -0.4 is 0 Å². The van der Waals surface area contributed by atoms with Crippen LogP contribution in [0, 0.1) is 0 Å². The number of hydrogen-bond acceptors (Lipinski definition) is 7. The van der Waals surface area contributed by atoms with E-state index in [1.807, 2.05) is 121 Å². The maximum atomic E-state index is 6.84. The van der Waals surface area contributed by atoms with Crippen molar-refractivity contribution in [3.63, 3.8) is 0 Å². The largest absolute Gasteiger partial charge is 0.455 e. The number of allylic oxidation sites excluding steroid dienone is 1. The average molecular weight is 798 g/mol. The second-order valence-electron chi connectivity index (χ2n) is 15.4. The van der Waals surface area contributed by atoms with E-state index in [1.54, 1.807) is 0 Å². The quantitative estimate of drug-likeness (QED) is 0.158. The van der Waals surface area contributed by atoms with Gasteiger partial charge in [0.15, 0.2) is 29.1 Å². The van der Waals surface area contributed by atoms with Gasteiger partial charge in [-0.05, 0) is 41.8 Å². The molecule has 11 aromatic rings. The van der Waals surface area contributed by atoms with E-state index in [1.165, 1.54) is 16.5 Å². The SMILES string of the molecule is C1=Cc2c(c3ccccc3n2-c2nc(-c3ccccc3)nc(-c3cccc4c3oc3cccc(-c5nc(-c6ccccc6)nc(-c6ccccc6)n5)c34)n2)C(c2ccccc2)C1. The zero-order valence-electron chi connectivity index (χ0n) is 33.3. The highest BCUT2D eigenvalue weighted by molar-refractivity contribution is 6.14. The summed E-state index contributed by atoms with van der Waals surface area (Å²) in [7, 11) is 0. The third kappa shape index (κ3) is 5.99. The molecule has 0 aliphatic heterocycles. The third-order valence-corrected chi connectivity index (χ3v) is 11.7. The first-order valence-corrected chi connectivity index (χ1v) is 20.7. The smallest absolute Gasteiger partial charge is 0.238 e. The number of rotatable bonds is 7. The molecule has 4 aromatic heterocycles. The lowest BCUT2D eigenvalue weighted by Gasteiger charge is -2.21. The summed E-state index contributed by atoms with van der Waals surface area (Å²) in [6.07, 6.45) is 5.39. The lowest BCUT2D eigenvalue weighted by atomic mass is 9.84. The number of para-hydroxylation sites is 2. The standard InChI is InChI=1S/C54H35N7O/c1-5-18-34(19-6-1)38-27-16-32-44-46(38)39-26-13-14-31-43(39)61(44)54-59-51(37-24-11-4-12-25-37)58-53(60-54)42-30-15-28-40-47-41(29-17-33-45(47)62-48(40)42)52-56-49(35-20-7-2-8-21-35)55-50(57-52)36-22-9-3-10-23-36/h1-26,28-33,38H,27H2. The third-order valence-electron chi connectivity index (χ3n) is 11.7. The molecule has 8 nitrogen and oxygen atoms in total. The van der Waals surface area contributed by atoms with E-state index in [2.05, 4.69) is 77.4 Å². The molecule has 0 saturated carbocycles. The molecular formula is C54H35N7O. The first-order valence-electron chi connectivity index (χ1n) is 20.7. The molecule has 0 fully saturated rings. The lowest BCUT2D eigenvalue weighted by Crippen LogP contribution is -2.10. The van der Waals surface area contributed by atoms with Crippen LogP contribution in [0.4, 0.5) is 0 Å². The molecule has 62 heavy (non-hydrogen) atoms. The molecule has 0 amide bonds. The topological polar surface area (TPSA) is 95.4 Å². The van der Waals surface area contributed by atoms with Crippen LogP contribution in [-0.2, 0) is 0 Å². The Morgan fingerprint density at radius 2 is 0.968 bits per heavy atom. The van der Waals surface area contributed by atoms with Crippen molar-refractivity contribution in [1.82, 2.24) is 34.5 Å².